The minimum atomic E-state index is -0.738. The third-order valence-electron chi connectivity index (χ3n) is 5.44. The van der Waals surface area contributed by atoms with Crippen molar-refractivity contribution in [1.29, 1.82) is 0 Å². The molecule has 2 aliphatic heterocycles. The average Bonchev–Trinajstić information content (AvgIpc) is 2.94. The summed E-state index contributed by atoms with van der Waals surface area (Å²) in [6.07, 6.45) is 6.15. The molecule has 0 aromatic heterocycles. The van der Waals surface area contributed by atoms with Gasteiger partial charge in [0.1, 0.15) is 12.0 Å². The summed E-state index contributed by atoms with van der Waals surface area (Å²) >= 11 is 3.52. The molecular formula is C20H23BrN2O5. The SMILES string of the molecule is C=C1NC(=O)NC(c2cc3c(cc2Br)OCO3)C1C(=O)OC1CCCCCC1. The van der Waals surface area contributed by atoms with E-state index in [0.29, 0.717) is 27.2 Å². The minimum Gasteiger partial charge on any atom is -0.462 e. The fraction of sp³-hybridized carbons (Fsp3) is 0.500. The van der Waals surface area contributed by atoms with E-state index in [1.807, 2.05) is 0 Å². The number of esters is 1. The van der Waals surface area contributed by atoms with Gasteiger partial charge >= 0.3 is 12.0 Å². The van der Waals surface area contributed by atoms with Crippen LogP contribution in [0.3, 0.4) is 0 Å². The van der Waals surface area contributed by atoms with Crippen LogP contribution >= 0.6 is 15.9 Å². The summed E-state index contributed by atoms with van der Waals surface area (Å²) in [5.41, 5.74) is 1.04. The summed E-state index contributed by atoms with van der Waals surface area (Å²) in [7, 11) is 0. The fourth-order valence-corrected chi connectivity index (χ4v) is 4.56. The van der Waals surface area contributed by atoms with Crippen LogP contribution < -0.4 is 20.1 Å². The number of ether oxygens (including phenoxy) is 3. The maximum absolute atomic E-state index is 13.1. The molecule has 150 valence electrons. The van der Waals surface area contributed by atoms with Crippen molar-refractivity contribution in [3.8, 4) is 11.5 Å². The lowest BCUT2D eigenvalue weighted by Crippen LogP contribution is -2.51. The molecule has 2 atom stereocenters. The largest absolute Gasteiger partial charge is 0.462 e. The van der Waals surface area contributed by atoms with Crippen LogP contribution in [-0.2, 0) is 9.53 Å². The molecule has 0 spiro atoms. The van der Waals surface area contributed by atoms with Crippen molar-refractivity contribution in [2.24, 2.45) is 5.92 Å². The van der Waals surface area contributed by atoms with Crippen molar-refractivity contribution in [2.45, 2.75) is 50.7 Å². The molecule has 2 fully saturated rings. The molecular weight excluding hydrogens is 428 g/mol. The van der Waals surface area contributed by atoms with Crippen LogP contribution in [0.1, 0.15) is 50.1 Å². The molecule has 3 aliphatic rings. The molecule has 28 heavy (non-hydrogen) atoms. The maximum atomic E-state index is 13.1. The number of urea groups is 1. The van der Waals surface area contributed by atoms with Gasteiger partial charge in [-0.3, -0.25) is 4.79 Å². The molecule has 0 radical (unpaired) electrons. The third-order valence-corrected chi connectivity index (χ3v) is 6.12. The molecule has 2 amide bonds. The van der Waals surface area contributed by atoms with Crippen LogP contribution in [0, 0.1) is 5.92 Å². The number of rotatable bonds is 3. The first-order chi connectivity index (χ1) is 13.5. The number of benzene rings is 1. The highest BCUT2D eigenvalue weighted by molar-refractivity contribution is 9.10. The summed E-state index contributed by atoms with van der Waals surface area (Å²) in [4.78, 5) is 25.2. The molecule has 1 aliphatic carbocycles. The first kappa shape index (κ1) is 19.1. The quantitative estimate of drug-likeness (QED) is 0.538. The van der Waals surface area contributed by atoms with E-state index >= 15 is 0 Å². The van der Waals surface area contributed by atoms with E-state index in [4.69, 9.17) is 14.2 Å². The minimum absolute atomic E-state index is 0.0822. The summed E-state index contributed by atoms with van der Waals surface area (Å²) in [6.45, 7) is 4.06. The third kappa shape index (κ3) is 3.83. The van der Waals surface area contributed by atoms with Crippen molar-refractivity contribution in [2.75, 3.05) is 6.79 Å². The summed E-state index contributed by atoms with van der Waals surface area (Å²) in [6, 6.07) is 2.53. The van der Waals surface area contributed by atoms with Crippen LogP contribution in [-0.4, -0.2) is 24.9 Å². The second-order valence-corrected chi connectivity index (χ2v) is 8.21. The van der Waals surface area contributed by atoms with E-state index < -0.39 is 18.0 Å². The number of nitrogens with one attached hydrogen (secondary N) is 2. The molecule has 1 saturated carbocycles. The Bertz CT molecular complexity index is 804. The lowest BCUT2D eigenvalue weighted by molar-refractivity contribution is -0.154. The Morgan fingerprint density at radius 1 is 1.14 bits per heavy atom. The first-order valence-corrected chi connectivity index (χ1v) is 10.4. The van der Waals surface area contributed by atoms with Gasteiger partial charge in [0.25, 0.3) is 0 Å². The number of carbonyl (C=O) groups excluding carboxylic acids is 2. The van der Waals surface area contributed by atoms with Gasteiger partial charge in [0.05, 0.1) is 6.04 Å². The van der Waals surface area contributed by atoms with E-state index in [2.05, 4.69) is 33.1 Å². The smallest absolute Gasteiger partial charge is 0.319 e. The molecule has 0 bridgehead atoms. The van der Waals surface area contributed by atoms with E-state index in [9.17, 15) is 9.59 Å². The van der Waals surface area contributed by atoms with Crippen molar-refractivity contribution in [3.63, 3.8) is 0 Å². The van der Waals surface area contributed by atoms with Gasteiger partial charge in [0, 0.05) is 10.2 Å². The molecule has 2 N–H and O–H groups in total. The zero-order valence-corrected chi connectivity index (χ0v) is 17.0. The topological polar surface area (TPSA) is 85.9 Å². The molecule has 1 aromatic rings. The Morgan fingerprint density at radius 2 is 1.82 bits per heavy atom. The van der Waals surface area contributed by atoms with Gasteiger partial charge in [-0.1, -0.05) is 35.4 Å². The number of halogens is 1. The number of amides is 2. The van der Waals surface area contributed by atoms with E-state index in [1.165, 1.54) is 12.8 Å². The summed E-state index contributed by atoms with van der Waals surface area (Å²) in [5, 5.41) is 5.45. The monoisotopic (exact) mass is 450 g/mol. The lowest BCUT2D eigenvalue weighted by atomic mass is 9.88. The van der Waals surface area contributed by atoms with Gasteiger partial charge in [-0.15, -0.1) is 0 Å². The first-order valence-electron chi connectivity index (χ1n) is 9.59. The van der Waals surface area contributed by atoms with Crippen molar-refractivity contribution < 1.29 is 23.8 Å². The molecule has 7 nitrogen and oxygen atoms in total. The number of hydrogen-bond donors (Lipinski definition) is 2. The van der Waals surface area contributed by atoms with Gasteiger partial charge in [0.2, 0.25) is 6.79 Å². The zero-order valence-electron chi connectivity index (χ0n) is 15.5. The summed E-state index contributed by atoms with van der Waals surface area (Å²) < 4.78 is 17.4. The Morgan fingerprint density at radius 3 is 2.54 bits per heavy atom. The molecule has 1 aromatic carbocycles. The highest BCUT2D eigenvalue weighted by atomic mass is 79.9. The lowest BCUT2D eigenvalue weighted by Gasteiger charge is -2.34. The highest BCUT2D eigenvalue weighted by Gasteiger charge is 2.41. The van der Waals surface area contributed by atoms with Gasteiger partial charge < -0.3 is 24.8 Å². The molecule has 2 unspecified atom stereocenters. The van der Waals surface area contributed by atoms with Crippen LogP contribution in [0.15, 0.2) is 28.9 Å². The molecule has 1 saturated heterocycles. The normalized spacial score (nSPS) is 24.9. The van der Waals surface area contributed by atoms with Gasteiger partial charge in [-0.25, -0.2) is 4.79 Å². The molecule has 4 rings (SSSR count). The van der Waals surface area contributed by atoms with Crippen molar-refractivity contribution >= 4 is 27.9 Å². The number of fused-ring (bicyclic) bond motifs is 1. The van der Waals surface area contributed by atoms with Crippen LogP contribution in [0.25, 0.3) is 0 Å². The Balaban J connectivity index is 1.61. The standard InChI is InChI=1S/C20H23BrN2O5/c1-11-17(19(24)28-12-6-4-2-3-5-7-12)18(23-20(25)22-11)13-8-15-16(9-14(13)21)27-10-26-15/h8-9,12,17-18H,1-7,10H2,(H2,22,23,25). The second kappa shape index (κ2) is 8.03. The van der Waals surface area contributed by atoms with Gasteiger partial charge in [-0.05, 0) is 43.4 Å². The average molecular weight is 451 g/mol. The van der Waals surface area contributed by atoms with E-state index in [1.54, 1.807) is 12.1 Å². The predicted molar refractivity (Wildman–Crippen MR) is 105 cm³/mol. The molecule has 2 heterocycles. The zero-order chi connectivity index (χ0) is 19.7. The van der Waals surface area contributed by atoms with Gasteiger partial charge in [0.15, 0.2) is 11.5 Å². The maximum Gasteiger partial charge on any atom is 0.319 e. The Hall–Kier alpha value is -2.22. The molecule has 8 heteroatoms. The van der Waals surface area contributed by atoms with Crippen molar-refractivity contribution in [3.05, 3.63) is 34.4 Å². The number of carbonyl (C=O) groups is 2. The highest BCUT2D eigenvalue weighted by Crippen LogP contribution is 2.42. The van der Waals surface area contributed by atoms with Crippen LogP contribution in [0.5, 0.6) is 11.5 Å². The van der Waals surface area contributed by atoms with Crippen molar-refractivity contribution in [1.82, 2.24) is 10.6 Å². The van der Waals surface area contributed by atoms with Crippen LogP contribution in [0.4, 0.5) is 4.79 Å². The van der Waals surface area contributed by atoms with E-state index in [-0.39, 0.29) is 18.9 Å². The number of hydrogen-bond acceptors (Lipinski definition) is 5. The summed E-state index contributed by atoms with van der Waals surface area (Å²) in [5.74, 6) is 0.0800. The van der Waals surface area contributed by atoms with Crippen LogP contribution in [0.2, 0.25) is 0 Å². The second-order valence-electron chi connectivity index (χ2n) is 7.36. The Labute approximate surface area is 171 Å². The Kier molecular flexibility index (Phi) is 5.48. The van der Waals surface area contributed by atoms with E-state index in [0.717, 1.165) is 25.7 Å². The van der Waals surface area contributed by atoms with Gasteiger partial charge in [-0.2, -0.15) is 0 Å². The predicted octanol–water partition coefficient (Wildman–Crippen LogP) is 3.93. The fourth-order valence-electron chi connectivity index (χ4n) is 3.99.